The average Bonchev–Trinajstić information content (AvgIpc) is 2.46. The minimum absolute atomic E-state index is 0.0713. The van der Waals surface area contributed by atoms with Gasteiger partial charge in [0.05, 0.1) is 6.10 Å². The molecule has 5 nitrogen and oxygen atoms in total. The van der Waals surface area contributed by atoms with Crippen LogP contribution in [0.4, 0.5) is 0 Å². The number of likely N-dealkylation sites (tertiary alicyclic amines) is 1. The lowest BCUT2D eigenvalue weighted by Crippen LogP contribution is -2.39. The number of aliphatic hydroxyl groups is 1. The number of β-amino-alcohol motifs (C(OH)–C–C–N with tert-alkyl or cyclic N) is 1. The Labute approximate surface area is 75.3 Å². The van der Waals surface area contributed by atoms with Crippen molar-refractivity contribution in [3.05, 3.63) is 12.7 Å². The van der Waals surface area contributed by atoms with Crippen molar-refractivity contribution < 1.29 is 19.8 Å². The molecule has 0 aromatic rings. The van der Waals surface area contributed by atoms with Crippen LogP contribution < -0.4 is 0 Å². The minimum atomic E-state index is -1.09. The summed E-state index contributed by atoms with van der Waals surface area (Å²) >= 11 is 0. The monoisotopic (exact) mass is 185 g/mol. The molecule has 0 saturated carbocycles. The predicted molar refractivity (Wildman–Crippen MR) is 44.0 cm³/mol. The molecule has 0 aromatic carbocycles. The Kier molecular flexibility index (Phi) is 2.67. The van der Waals surface area contributed by atoms with E-state index in [2.05, 4.69) is 6.58 Å². The predicted octanol–water partition coefficient (Wildman–Crippen LogP) is -0.781. The Morgan fingerprint density at radius 3 is 2.62 bits per heavy atom. The third-order valence-electron chi connectivity index (χ3n) is 2.02. The zero-order chi connectivity index (χ0) is 10.0. The molecule has 1 rings (SSSR count). The van der Waals surface area contributed by atoms with Gasteiger partial charge in [-0.25, -0.2) is 4.79 Å². The van der Waals surface area contributed by atoms with Crippen molar-refractivity contribution in [1.82, 2.24) is 4.90 Å². The quantitative estimate of drug-likeness (QED) is 0.553. The van der Waals surface area contributed by atoms with Gasteiger partial charge in [0.1, 0.15) is 6.04 Å². The van der Waals surface area contributed by atoms with E-state index in [0.717, 1.165) is 11.0 Å². The van der Waals surface area contributed by atoms with Crippen molar-refractivity contribution in [2.24, 2.45) is 0 Å². The SMILES string of the molecule is C=CC(=O)N1C[C@H](O)C[C@@H]1C(=O)O. The molecule has 2 atom stereocenters. The lowest BCUT2D eigenvalue weighted by Gasteiger charge is -2.18. The zero-order valence-electron chi connectivity index (χ0n) is 7.01. The van der Waals surface area contributed by atoms with Gasteiger partial charge in [-0.2, -0.15) is 0 Å². The van der Waals surface area contributed by atoms with Crippen LogP contribution >= 0.6 is 0 Å². The van der Waals surface area contributed by atoms with Gasteiger partial charge in [-0.15, -0.1) is 0 Å². The normalized spacial score (nSPS) is 27.3. The molecule has 0 bridgehead atoms. The highest BCUT2D eigenvalue weighted by Crippen LogP contribution is 2.18. The second kappa shape index (κ2) is 3.57. The molecule has 0 aromatic heterocycles. The van der Waals surface area contributed by atoms with E-state index in [1.807, 2.05) is 0 Å². The Morgan fingerprint density at radius 2 is 2.15 bits per heavy atom. The standard InChI is InChI=1S/C8H11NO4/c1-2-7(11)9-4-5(10)3-6(9)8(12)13/h2,5-6,10H,1,3-4H2,(H,12,13)/t5-,6-/m1/s1. The number of aliphatic hydroxyl groups excluding tert-OH is 1. The highest BCUT2D eigenvalue weighted by Gasteiger charge is 2.37. The Bertz CT molecular complexity index is 251. The number of nitrogens with zero attached hydrogens (tertiary/aromatic N) is 1. The number of carboxylic acid groups (broad SMARTS) is 1. The number of carbonyl (C=O) groups is 2. The van der Waals surface area contributed by atoms with Crippen LogP contribution in [0.2, 0.25) is 0 Å². The van der Waals surface area contributed by atoms with E-state index in [0.29, 0.717) is 0 Å². The van der Waals surface area contributed by atoms with Gasteiger partial charge in [-0.05, 0) is 6.08 Å². The van der Waals surface area contributed by atoms with E-state index in [4.69, 9.17) is 5.11 Å². The summed E-state index contributed by atoms with van der Waals surface area (Å²) in [5, 5.41) is 17.9. The summed E-state index contributed by atoms with van der Waals surface area (Å²) in [5.74, 6) is -1.55. The molecule has 1 aliphatic heterocycles. The molecule has 5 heteroatoms. The molecule has 13 heavy (non-hydrogen) atoms. The topological polar surface area (TPSA) is 77.8 Å². The van der Waals surface area contributed by atoms with Gasteiger partial charge >= 0.3 is 5.97 Å². The second-order valence-corrected chi connectivity index (χ2v) is 2.94. The van der Waals surface area contributed by atoms with Crippen LogP contribution in [0.15, 0.2) is 12.7 Å². The first-order valence-corrected chi connectivity index (χ1v) is 3.90. The van der Waals surface area contributed by atoms with Gasteiger partial charge < -0.3 is 15.1 Å². The fourth-order valence-corrected chi connectivity index (χ4v) is 1.41. The number of carboxylic acids is 1. The summed E-state index contributed by atoms with van der Waals surface area (Å²) in [5.41, 5.74) is 0. The zero-order valence-corrected chi connectivity index (χ0v) is 7.01. The van der Waals surface area contributed by atoms with Gasteiger partial charge in [-0.3, -0.25) is 4.79 Å². The van der Waals surface area contributed by atoms with Crippen LogP contribution in [0.1, 0.15) is 6.42 Å². The average molecular weight is 185 g/mol. The molecule has 1 aliphatic rings. The number of amides is 1. The molecule has 1 amide bonds. The molecule has 1 heterocycles. The van der Waals surface area contributed by atoms with E-state index in [9.17, 15) is 14.7 Å². The van der Waals surface area contributed by atoms with Crippen molar-refractivity contribution in [3.8, 4) is 0 Å². The largest absolute Gasteiger partial charge is 0.480 e. The summed E-state index contributed by atoms with van der Waals surface area (Å²) in [6.45, 7) is 3.33. The molecular weight excluding hydrogens is 174 g/mol. The van der Waals surface area contributed by atoms with Crippen molar-refractivity contribution >= 4 is 11.9 Å². The molecule has 0 radical (unpaired) electrons. The van der Waals surface area contributed by atoms with Gasteiger partial charge in [0.2, 0.25) is 5.91 Å². The van der Waals surface area contributed by atoms with Crippen LogP contribution in [0.5, 0.6) is 0 Å². The maximum absolute atomic E-state index is 11.1. The number of hydrogen-bond acceptors (Lipinski definition) is 3. The number of rotatable bonds is 2. The minimum Gasteiger partial charge on any atom is -0.480 e. The summed E-state index contributed by atoms with van der Waals surface area (Å²) < 4.78 is 0. The lowest BCUT2D eigenvalue weighted by molar-refractivity contribution is -0.146. The van der Waals surface area contributed by atoms with Crippen molar-refractivity contribution in [1.29, 1.82) is 0 Å². The Hall–Kier alpha value is -1.36. The van der Waals surface area contributed by atoms with E-state index < -0.39 is 24.0 Å². The lowest BCUT2D eigenvalue weighted by atomic mass is 10.2. The fraction of sp³-hybridized carbons (Fsp3) is 0.500. The Morgan fingerprint density at radius 1 is 1.54 bits per heavy atom. The first kappa shape index (κ1) is 9.73. The number of hydrogen-bond donors (Lipinski definition) is 2. The fourth-order valence-electron chi connectivity index (χ4n) is 1.41. The summed E-state index contributed by atoms with van der Waals surface area (Å²) in [6.07, 6.45) is 0.396. The number of aliphatic carboxylic acids is 1. The molecular formula is C8H11NO4. The van der Waals surface area contributed by atoms with E-state index in [1.54, 1.807) is 0 Å². The molecule has 1 fully saturated rings. The van der Waals surface area contributed by atoms with Crippen LogP contribution in [-0.2, 0) is 9.59 Å². The molecule has 2 N–H and O–H groups in total. The summed E-state index contributed by atoms with van der Waals surface area (Å²) in [4.78, 5) is 22.9. The van der Waals surface area contributed by atoms with Crippen molar-refractivity contribution in [3.63, 3.8) is 0 Å². The maximum Gasteiger partial charge on any atom is 0.326 e. The van der Waals surface area contributed by atoms with E-state index in [1.165, 1.54) is 0 Å². The second-order valence-electron chi connectivity index (χ2n) is 2.94. The molecule has 0 aliphatic carbocycles. The van der Waals surface area contributed by atoms with Gasteiger partial charge in [-0.1, -0.05) is 6.58 Å². The summed E-state index contributed by atoms with van der Waals surface area (Å²) in [6, 6.07) is -0.916. The third kappa shape index (κ3) is 1.86. The molecule has 0 unspecified atom stereocenters. The highest BCUT2D eigenvalue weighted by atomic mass is 16.4. The maximum atomic E-state index is 11.1. The first-order valence-electron chi connectivity index (χ1n) is 3.90. The van der Waals surface area contributed by atoms with Gasteiger partial charge in [0.25, 0.3) is 0 Å². The van der Waals surface area contributed by atoms with Gasteiger partial charge in [0, 0.05) is 13.0 Å². The molecule has 72 valence electrons. The van der Waals surface area contributed by atoms with Crippen LogP contribution in [-0.4, -0.2) is 45.7 Å². The van der Waals surface area contributed by atoms with Gasteiger partial charge in [0.15, 0.2) is 0 Å². The smallest absolute Gasteiger partial charge is 0.326 e. The van der Waals surface area contributed by atoms with Crippen LogP contribution in [0, 0.1) is 0 Å². The van der Waals surface area contributed by atoms with Crippen LogP contribution in [0.25, 0.3) is 0 Å². The highest BCUT2D eigenvalue weighted by molar-refractivity contribution is 5.91. The Balaban J connectivity index is 2.77. The molecule has 0 spiro atoms. The van der Waals surface area contributed by atoms with Crippen molar-refractivity contribution in [2.75, 3.05) is 6.54 Å². The van der Waals surface area contributed by atoms with Crippen molar-refractivity contribution in [2.45, 2.75) is 18.6 Å². The van der Waals surface area contributed by atoms with E-state index in [-0.39, 0.29) is 13.0 Å². The molecule has 1 saturated heterocycles. The first-order chi connectivity index (χ1) is 6.06. The number of carbonyl (C=O) groups excluding carboxylic acids is 1. The third-order valence-corrected chi connectivity index (χ3v) is 2.02. The van der Waals surface area contributed by atoms with E-state index >= 15 is 0 Å². The van der Waals surface area contributed by atoms with Crippen LogP contribution in [0.3, 0.4) is 0 Å². The summed E-state index contributed by atoms with van der Waals surface area (Å²) in [7, 11) is 0.